The van der Waals surface area contributed by atoms with E-state index in [0.717, 1.165) is 25.2 Å². The normalized spacial score (nSPS) is 21.9. The minimum absolute atomic E-state index is 0.0237. The molecule has 0 bridgehead atoms. The lowest BCUT2D eigenvalue weighted by Crippen LogP contribution is -2.38. The molecule has 0 aromatic heterocycles. The second kappa shape index (κ2) is 5.23. The van der Waals surface area contributed by atoms with Crippen LogP contribution in [0.25, 0.3) is 0 Å². The zero-order chi connectivity index (χ0) is 11.4. The van der Waals surface area contributed by atoms with Crippen molar-refractivity contribution in [3.05, 3.63) is 48.3 Å². The van der Waals surface area contributed by atoms with Crippen molar-refractivity contribution in [3.8, 4) is 0 Å². The molecule has 1 aromatic rings. The second-order valence-electron chi connectivity index (χ2n) is 3.96. The lowest BCUT2D eigenvalue weighted by Gasteiger charge is -2.32. The third-order valence-corrected chi connectivity index (χ3v) is 2.76. The Hall–Kier alpha value is -1.19. The molecule has 2 rings (SSSR count). The Kier molecular flexibility index (Phi) is 3.70. The van der Waals surface area contributed by atoms with Gasteiger partial charge in [0.15, 0.2) is 0 Å². The van der Waals surface area contributed by atoms with Crippen molar-refractivity contribution < 1.29 is 9.13 Å². The van der Waals surface area contributed by atoms with Gasteiger partial charge in [-0.25, -0.2) is 4.39 Å². The van der Waals surface area contributed by atoms with E-state index in [1.54, 1.807) is 12.1 Å². The fourth-order valence-corrected chi connectivity index (χ4v) is 1.96. The maximum absolute atomic E-state index is 13.1. The van der Waals surface area contributed by atoms with Gasteiger partial charge in [0.25, 0.3) is 0 Å². The summed E-state index contributed by atoms with van der Waals surface area (Å²) in [6, 6.07) is 6.63. The van der Waals surface area contributed by atoms with Crippen LogP contribution in [0.5, 0.6) is 0 Å². The van der Waals surface area contributed by atoms with Crippen LogP contribution in [0.2, 0.25) is 0 Å². The van der Waals surface area contributed by atoms with Gasteiger partial charge in [-0.1, -0.05) is 18.2 Å². The highest BCUT2D eigenvalue weighted by Crippen LogP contribution is 2.22. The predicted molar refractivity (Wildman–Crippen MR) is 61.7 cm³/mol. The predicted octanol–water partition coefficient (Wildman–Crippen LogP) is 2.39. The molecule has 1 saturated heterocycles. The van der Waals surface area contributed by atoms with Crippen LogP contribution >= 0.6 is 0 Å². The summed E-state index contributed by atoms with van der Waals surface area (Å²) in [5, 5.41) is 0. The fourth-order valence-electron chi connectivity index (χ4n) is 1.96. The molecular weight excluding hydrogens is 205 g/mol. The highest BCUT2D eigenvalue weighted by Gasteiger charge is 2.21. The molecule has 0 N–H and O–H groups in total. The van der Waals surface area contributed by atoms with Gasteiger partial charge in [-0.3, -0.25) is 4.90 Å². The van der Waals surface area contributed by atoms with Gasteiger partial charge in [0.05, 0.1) is 12.7 Å². The lowest BCUT2D eigenvalue weighted by molar-refractivity contribution is -0.0261. The van der Waals surface area contributed by atoms with Crippen LogP contribution < -0.4 is 0 Å². The quantitative estimate of drug-likeness (QED) is 0.727. The number of rotatable bonds is 3. The molecule has 1 aliphatic rings. The average Bonchev–Trinajstić information content (AvgIpc) is 2.30. The summed E-state index contributed by atoms with van der Waals surface area (Å²) >= 11 is 0. The van der Waals surface area contributed by atoms with Crippen molar-refractivity contribution in [2.24, 2.45) is 0 Å². The van der Waals surface area contributed by atoms with E-state index in [9.17, 15) is 4.39 Å². The molecule has 1 aliphatic heterocycles. The van der Waals surface area contributed by atoms with Crippen molar-refractivity contribution >= 4 is 0 Å². The third-order valence-electron chi connectivity index (χ3n) is 2.76. The largest absolute Gasteiger partial charge is 0.371 e. The lowest BCUT2D eigenvalue weighted by atomic mass is 10.1. The molecule has 0 aliphatic carbocycles. The fraction of sp³-hybridized carbons (Fsp3) is 0.385. The first-order valence-electron chi connectivity index (χ1n) is 5.50. The molecule has 86 valence electrons. The Morgan fingerprint density at radius 2 is 2.44 bits per heavy atom. The van der Waals surface area contributed by atoms with Crippen molar-refractivity contribution in [2.45, 2.75) is 6.10 Å². The van der Waals surface area contributed by atoms with Gasteiger partial charge in [-0.15, -0.1) is 6.58 Å². The van der Waals surface area contributed by atoms with Crippen LogP contribution in [0, 0.1) is 5.82 Å². The van der Waals surface area contributed by atoms with Gasteiger partial charge < -0.3 is 4.74 Å². The molecule has 1 heterocycles. The number of benzene rings is 1. The Morgan fingerprint density at radius 3 is 3.19 bits per heavy atom. The molecule has 0 amide bonds. The summed E-state index contributed by atoms with van der Waals surface area (Å²) in [4.78, 5) is 2.26. The van der Waals surface area contributed by atoms with Gasteiger partial charge in [0, 0.05) is 19.6 Å². The molecule has 0 unspecified atom stereocenters. The molecule has 0 spiro atoms. The van der Waals surface area contributed by atoms with Crippen molar-refractivity contribution in [2.75, 3.05) is 26.2 Å². The van der Waals surface area contributed by atoms with Crippen LogP contribution in [-0.2, 0) is 4.74 Å². The molecule has 1 aromatic carbocycles. The molecule has 1 fully saturated rings. The SMILES string of the molecule is C=CCN1CCO[C@@H](c2cccc(F)c2)C1. The van der Waals surface area contributed by atoms with Gasteiger partial charge in [-0.2, -0.15) is 0 Å². The van der Waals surface area contributed by atoms with Gasteiger partial charge in [-0.05, 0) is 17.7 Å². The molecule has 1 atom stereocenters. The van der Waals surface area contributed by atoms with E-state index in [1.165, 1.54) is 6.07 Å². The van der Waals surface area contributed by atoms with E-state index in [0.29, 0.717) is 6.61 Å². The Labute approximate surface area is 95.3 Å². The highest BCUT2D eigenvalue weighted by atomic mass is 19.1. The standard InChI is InChI=1S/C13H16FNO/c1-2-6-15-7-8-16-13(10-15)11-4-3-5-12(14)9-11/h2-5,9,13H,1,6-8,10H2/t13-/m1/s1. The van der Waals surface area contributed by atoms with Crippen LogP contribution in [-0.4, -0.2) is 31.1 Å². The van der Waals surface area contributed by atoms with E-state index < -0.39 is 0 Å². The van der Waals surface area contributed by atoms with Crippen LogP contribution in [0.15, 0.2) is 36.9 Å². The van der Waals surface area contributed by atoms with Gasteiger partial charge in [0.2, 0.25) is 0 Å². The van der Waals surface area contributed by atoms with E-state index in [1.807, 2.05) is 12.1 Å². The second-order valence-corrected chi connectivity index (χ2v) is 3.96. The van der Waals surface area contributed by atoms with Gasteiger partial charge in [0.1, 0.15) is 5.82 Å². The molecule has 2 nitrogen and oxygen atoms in total. The Balaban J connectivity index is 2.06. The summed E-state index contributed by atoms with van der Waals surface area (Å²) in [5.74, 6) is -0.207. The summed E-state index contributed by atoms with van der Waals surface area (Å²) < 4.78 is 18.7. The average molecular weight is 221 g/mol. The van der Waals surface area contributed by atoms with Crippen LogP contribution in [0.4, 0.5) is 4.39 Å². The van der Waals surface area contributed by atoms with E-state index in [2.05, 4.69) is 11.5 Å². The molecule has 0 radical (unpaired) electrons. The maximum atomic E-state index is 13.1. The highest BCUT2D eigenvalue weighted by molar-refractivity contribution is 5.19. The number of nitrogens with zero attached hydrogens (tertiary/aromatic N) is 1. The molecule has 16 heavy (non-hydrogen) atoms. The zero-order valence-electron chi connectivity index (χ0n) is 9.23. The number of morpholine rings is 1. The molecule has 0 saturated carbocycles. The van der Waals surface area contributed by atoms with E-state index in [4.69, 9.17) is 4.74 Å². The van der Waals surface area contributed by atoms with Gasteiger partial charge >= 0.3 is 0 Å². The number of hydrogen-bond acceptors (Lipinski definition) is 2. The van der Waals surface area contributed by atoms with Crippen molar-refractivity contribution in [1.29, 1.82) is 0 Å². The summed E-state index contributed by atoms with van der Waals surface area (Å²) in [6.45, 7) is 6.99. The summed E-state index contributed by atoms with van der Waals surface area (Å²) in [5.41, 5.74) is 0.911. The van der Waals surface area contributed by atoms with E-state index >= 15 is 0 Å². The minimum atomic E-state index is -0.207. The molecule has 3 heteroatoms. The first-order chi connectivity index (χ1) is 7.79. The summed E-state index contributed by atoms with van der Waals surface area (Å²) in [6.07, 6.45) is 1.86. The Bertz CT molecular complexity index is 367. The van der Waals surface area contributed by atoms with Crippen LogP contribution in [0.3, 0.4) is 0 Å². The molecular formula is C13H16FNO. The first kappa shape index (κ1) is 11.3. The number of hydrogen-bond donors (Lipinski definition) is 0. The topological polar surface area (TPSA) is 12.5 Å². The van der Waals surface area contributed by atoms with Crippen LogP contribution in [0.1, 0.15) is 11.7 Å². The zero-order valence-corrected chi connectivity index (χ0v) is 9.23. The first-order valence-corrected chi connectivity index (χ1v) is 5.50. The number of halogens is 1. The smallest absolute Gasteiger partial charge is 0.123 e. The van der Waals surface area contributed by atoms with Crippen molar-refractivity contribution in [3.63, 3.8) is 0 Å². The van der Waals surface area contributed by atoms with Crippen molar-refractivity contribution in [1.82, 2.24) is 4.90 Å². The third kappa shape index (κ3) is 2.68. The monoisotopic (exact) mass is 221 g/mol. The minimum Gasteiger partial charge on any atom is -0.371 e. The Morgan fingerprint density at radius 1 is 1.56 bits per heavy atom. The van der Waals surface area contributed by atoms with E-state index in [-0.39, 0.29) is 11.9 Å². The number of ether oxygens (including phenoxy) is 1. The maximum Gasteiger partial charge on any atom is 0.123 e. The summed E-state index contributed by atoms with van der Waals surface area (Å²) in [7, 11) is 0.